The van der Waals surface area contributed by atoms with Gasteiger partial charge in [-0.1, -0.05) is 0 Å². The van der Waals surface area contributed by atoms with Crippen molar-refractivity contribution in [1.29, 1.82) is 0 Å². The van der Waals surface area contributed by atoms with E-state index in [1.807, 2.05) is 0 Å². The van der Waals surface area contributed by atoms with Crippen LogP contribution in [0.3, 0.4) is 0 Å². The van der Waals surface area contributed by atoms with Gasteiger partial charge in [-0.15, -0.1) is 0 Å². The van der Waals surface area contributed by atoms with Gasteiger partial charge < -0.3 is 14.6 Å². The monoisotopic (exact) mass is 187 g/mol. The molecule has 0 bridgehead atoms. The van der Waals surface area contributed by atoms with Gasteiger partial charge in [0.2, 0.25) is 0 Å². The summed E-state index contributed by atoms with van der Waals surface area (Å²) in [6, 6.07) is 0.447. The molecule has 2 fully saturated rings. The number of aliphatic hydroxyl groups is 1. The summed E-state index contributed by atoms with van der Waals surface area (Å²) in [7, 11) is 0. The fraction of sp³-hybridized carbons (Fsp3) is 1.00. The van der Waals surface area contributed by atoms with Crippen LogP contribution in [0.1, 0.15) is 13.3 Å². The highest BCUT2D eigenvalue weighted by molar-refractivity contribution is 4.82. The molecular weight excluding hydrogens is 170 g/mol. The van der Waals surface area contributed by atoms with Gasteiger partial charge in [-0.2, -0.15) is 0 Å². The second-order valence-corrected chi connectivity index (χ2v) is 3.86. The first-order valence-electron chi connectivity index (χ1n) is 4.91. The Morgan fingerprint density at radius 1 is 1.38 bits per heavy atom. The van der Waals surface area contributed by atoms with Gasteiger partial charge in [0.25, 0.3) is 0 Å². The van der Waals surface area contributed by atoms with E-state index in [4.69, 9.17) is 9.47 Å². The van der Waals surface area contributed by atoms with Gasteiger partial charge in [0.05, 0.1) is 19.3 Å². The number of hydrogen-bond donors (Lipinski definition) is 1. The van der Waals surface area contributed by atoms with Crippen LogP contribution in [-0.2, 0) is 9.47 Å². The standard InChI is InChI=1S/C9H17NO3/c1-7-4-8(11)5-10(7)6-9-12-2-3-13-9/h7-9,11H,2-6H2,1H3. The summed E-state index contributed by atoms with van der Waals surface area (Å²) in [5, 5.41) is 9.42. The summed E-state index contributed by atoms with van der Waals surface area (Å²) in [5.74, 6) is 0. The van der Waals surface area contributed by atoms with E-state index >= 15 is 0 Å². The minimum Gasteiger partial charge on any atom is -0.392 e. The highest BCUT2D eigenvalue weighted by atomic mass is 16.7. The molecule has 0 aliphatic carbocycles. The van der Waals surface area contributed by atoms with Crippen LogP contribution in [0.2, 0.25) is 0 Å². The molecule has 0 amide bonds. The lowest BCUT2D eigenvalue weighted by Gasteiger charge is -2.23. The summed E-state index contributed by atoms with van der Waals surface area (Å²) >= 11 is 0. The highest BCUT2D eigenvalue weighted by Crippen LogP contribution is 2.19. The molecule has 2 atom stereocenters. The third-order valence-corrected chi connectivity index (χ3v) is 2.76. The van der Waals surface area contributed by atoms with Crippen molar-refractivity contribution in [2.75, 3.05) is 26.3 Å². The first kappa shape index (κ1) is 9.40. The molecule has 0 saturated carbocycles. The third-order valence-electron chi connectivity index (χ3n) is 2.76. The van der Waals surface area contributed by atoms with Crippen molar-refractivity contribution in [3.05, 3.63) is 0 Å². The minimum atomic E-state index is -0.170. The molecule has 2 aliphatic heterocycles. The van der Waals surface area contributed by atoms with Gasteiger partial charge in [-0.25, -0.2) is 0 Å². The highest BCUT2D eigenvalue weighted by Gasteiger charge is 2.30. The number of β-amino-alcohol motifs (C(OH)–C–C–N with tert-alkyl or cyclic N) is 1. The SMILES string of the molecule is CC1CC(O)CN1CC1OCCO1. The molecule has 0 aromatic heterocycles. The van der Waals surface area contributed by atoms with Crippen molar-refractivity contribution in [2.45, 2.75) is 31.8 Å². The first-order valence-corrected chi connectivity index (χ1v) is 4.91. The lowest BCUT2D eigenvalue weighted by molar-refractivity contribution is -0.0639. The van der Waals surface area contributed by atoms with E-state index in [0.29, 0.717) is 19.3 Å². The smallest absolute Gasteiger partial charge is 0.170 e. The maximum absolute atomic E-state index is 9.42. The Hall–Kier alpha value is -0.160. The molecule has 4 heteroatoms. The molecule has 4 nitrogen and oxygen atoms in total. The Labute approximate surface area is 78.4 Å². The van der Waals surface area contributed by atoms with Crippen LogP contribution in [0.15, 0.2) is 0 Å². The number of nitrogens with zero attached hydrogens (tertiary/aromatic N) is 1. The Bertz CT molecular complexity index is 170. The topological polar surface area (TPSA) is 41.9 Å². The molecular formula is C9H17NO3. The molecule has 0 aromatic carbocycles. The average molecular weight is 187 g/mol. The van der Waals surface area contributed by atoms with Crippen molar-refractivity contribution in [3.8, 4) is 0 Å². The van der Waals surface area contributed by atoms with Gasteiger partial charge >= 0.3 is 0 Å². The summed E-state index contributed by atoms with van der Waals surface area (Å²) in [4.78, 5) is 2.22. The second kappa shape index (κ2) is 3.92. The normalized spacial score (nSPS) is 37.4. The number of likely N-dealkylation sites (tertiary alicyclic amines) is 1. The summed E-state index contributed by atoms with van der Waals surface area (Å²) in [5.41, 5.74) is 0. The third kappa shape index (κ3) is 2.20. The fourth-order valence-electron chi connectivity index (χ4n) is 2.03. The lowest BCUT2D eigenvalue weighted by atomic mass is 10.2. The van der Waals surface area contributed by atoms with E-state index in [2.05, 4.69) is 11.8 Å². The zero-order valence-electron chi connectivity index (χ0n) is 7.98. The number of rotatable bonds is 2. The predicted octanol–water partition coefficient (Wildman–Crippen LogP) is -0.186. The number of aliphatic hydroxyl groups excluding tert-OH is 1. The average Bonchev–Trinajstić information content (AvgIpc) is 2.63. The maximum Gasteiger partial charge on any atom is 0.170 e. The molecule has 2 saturated heterocycles. The van der Waals surface area contributed by atoms with E-state index in [1.165, 1.54) is 0 Å². The van der Waals surface area contributed by atoms with Crippen molar-refractivity contribution in [3.63, 3.8) is 0 Å². The Morgan fingerprint density at radius 2 is 2.08 bits per heavy atom. The van der Waals surface area contributed by atoms with Crippen molar-refractivity contribution in [1.82, 2.24) is 4.90 Å². The zero-order valence-corrected chi connectivity index (χ0v) is 7.98. The molecule has 0 aromatic rings. The molecule has 1 N–H and O–H groups in total. The second-order valence-electron chi connectivity index (χ2n) is 3.86. The van der Waals surface area contributed by atoms with Crippen LogP contribution >= 0.6 is 0 Å². The van der Waals surface area contributed by atoms with Crippen molar-refractivity contribution >= 4 is 0 Å². The fourth-order valence-corrected chi connectivity index (χ4v) is 2.03. The van der Waals surface area contributed by atoms with Gasteiger partial charge in [0, 0.05) is 19.1 Å². The summed E-state index contributed by atoms with van der Waals surface area (Å²) in [6.07, 6.45) is 0.622. The summed E-state index contributed by atoms with van der Waals surface area (Å²) < 4.78 is 10.7. The molecule has 0 radical (unpaired) electrons. The Kier molecular flexibility index (Phi) is 2.83. The molecule has 2 rings (SSSR count). The first-order chi connectivity index (χ1) is 6.25. The summed E-state index contributed by atoms with van der Waals surface area (Å²) in [6.45, 7) is 5.08. The van der Waals surface area contributed by atoms with Gasteiger partial charge in [-0.3, -0.25) is 4.90 Å². The minimum absolute atomic E-state index is 0.0762. The Morgan fingerprint density at radius 3 is 2.62 bits per heavy atom. The molecule has 2 unspecified atom stereocenters. The van der Waals surface area contributed by atoms with E-state index in [9.17, 15) is 5.11 Å². The van der Waals surface area contributed by atoms with Crippen LogP contribution < -0.4 is 0 Å². The number of ether oxygens (including phenoxy) is 2. The van der Waals surface area contributed by atoms with Crippen LogP contribution in [-0.4, -0.2) is 54.7 Å². The van der Waals surface area contributed by atoms with E-state index in [0.717, 1.165) is 19.5 Å². The van der Waals surface area contributed by atoms with E-state index in [-0.39, 0.29) is 12.4 Å². The number of hydrogen-bond acceptors (Lipinski definition) is 4. The molecule has 2 aliphatic rings. The zero-order chi connectivity index (χ0) is 9.26. The van der Waals surface area contributed by atoms with Gasteiger partial charge in [-0.05, 0) is 13.3 Å². The maximum atomic E-state index is 9.42. The van der Waals surface area contributed by atoms with E-state index < -0.39 is 0 Å². The molecule has 76 valence electrons. The largest absolute Gasteiger partial charge is 0.392 e. The predicted molar refractivity (Wildman–Crippen MR) is 47.4 cm³/mol. The van der Waals surface area contributed by atoms with Crippen LogP contribution in [0, 0.1) is 0 Å². The molecule has 2 heterocycles. The Balaban J connectivity index is 1.80. The molecule has 0 spiro atoms. The quantitative estimate of drug-likeness (QED) is 0.651. The van der Waals surface area contributed by atoms with Gasteiger partial charge in [0.15, 0.2) is 6.29 Å². The van der Waals surface area contributed by atoms with Crippen molar-refractivity contribution < 1.29 is 14.6 Å². The van der Waals surface area contributed by atoms with Crippen LogP contribution in [0.5, 0.6) is 0 Å². The van der Waals surface area contributed by atoms with Crippen molar-refractivity contribution in [2.24, 2.45) is 0 Å². The van der Waals surface area contributed by atoms with Crippen LogP contribution in [0.25, 0.3) is 0 Å². The van der Waals surface area contributed by atoms with Gasteiger partial charge in [0.1, 0.15) is 0 Å². The van der Waals surface area contributed by atoms with Crippen LogP contribution in [0.4, 0.5) is 0 Å². The van der Waals surface area contributed by atoms with E-state index in [1.54, 1.807) is 0 Å². The lowest BCUT2D eigenvalue weighted by Crippen LogP contribution is -2.35. The molecule has 13 heavy (non-hydrogen) atoms.